The molecule has 1 N–H and O–H groups in total. The summed E-state index contributed by atoms with van der Waals surface area (Å²) in [7, 11) is 1.59. The van der Waals surface area contributed by atoms with E-state index in [2.05, 4.69) is 14.9 Å². The molecule has 1 aliphatic rings. The molecule has 0 spiro atoms. The van der Waals surface area contributed by atoms with Gasteiger partial charge in [-0.1, -0.05) is 23.7 Å². The van der Waals surface area contributed by atoms with Crippen molar-refractivity contribution in [3.8, 4) is 5.88 Å². The molecule has 6 heteroatoms. The number of nitrogens with zero attached hydrogens (tertiary/aromatic N) is 3. The summed E-state index contributed by atoms with van der Waals surface area (Å²) < 4.78 is 5.14. The molecule has 1 aromatic heterocycles. The van der Waals surface area contributed by atoms with Crippen LogP contribution in [0.5, 0.6) is 5.88 Å². The SMILES string of the molecule is COc1ccc(C2N=CC=C(c3ccc(Cl)cc3)N2CC(C)(C)O)cn1. The maximum atomic E-state index is 10.4. The van der Waals surface area contributed by atoms with Crippen LogP contribution in [-0.4, -0.2) is 40.5 Å². The van der Waals surface area contributed by atoms with E-state index in [1.807, 2.05) is 42.5 Å². The molecule has 0 saturated carbocycles. The van der Waals surface area contributed by atoms with Gasteiger partial charge in [0.2, 0.25) is 5.88 Å². The van der Waals surface area contributed by atoms with Crippen LogP contribution in [0.15, 0.2) is 53.7 Å². The molecule has 1 atom stereocenters. The number of halogens is 1. The van der Waals surface area contributed by atoms with Gasteiger partial charge in [-0.2, -0.15) is 0 Å². The van der Waals surface area contributed by atoms with Gasteiger partial charge >= 0.3 is 0 Å². The minimum atomic E-state index is -0.892. The quantitative estimate of drug-likeness (QED) is 0.864. The first-order valence-corrected chi connectivity index (χ1v) is 8.73. The Morgan fingerprint density at radius 3 is 2.50 bits per heavy atom. The Morgan fingerprint density at radius 1 is 1.19 bits per heavy atom. The number of allylic oxidation sites excluding steroid dienone is 1. The highest BCUT2D eigenvalue weighted by molar-refractivity contribution is 6.30. The van der Waals surface area contributed by atoms with Gasteiger partial charge < -0.3 is 14.7 Å². The maximum absolute atomic E-state index is 10.4. The molecule has 0 amide bonds. The van der Waals surface area contributed by atoms with Crippen molar-refractivity contribution < 1.29 is 9.84 Å². The van der Waals surface area contributed by atoms with Gasteiger partial charge in [0.05, 0.1) is 12.7 Å². The van der Waals surface area contributed by atoms with Crippen LogP contribution >= 0.6 is 11.6 Å². The second-order valence-corrected chi connectivity index (χ2v) is 7.24. The van der Waals surface area contributed by atoms with Crippen LogP contribution in [0.2, 0.25) is 5.02 Å². The summed E-state index contributed by atoms with van der Waals surface area (Å²) >= 11 is 6.03. The van der Waals surface area contributed by atoms with E-state index < -0.39 is 5.60 Å². The highest BCUT2D eigenvalue weighted by Gasteiger charge is 2.29. The summed E-state index contributed by atoms with van der Waals surface area (Å²) in [6.45, 7) is 3.98. The summed E-state index contributed by atoms with van der Waals surface area (Å²) in [4.78, 5) is 11.0. The number of hydrogen-bond acceptors (Lipinski definition) is 5. The van der Waals surface area contributed by atoms with E-state index in [1.165, 1.54) is 0 Å². The average molecular weight is 372 g/mol. The topological polar surface area (TPSA) is 58.0 Å². The first-order chi connectivity index (χ1) is 12.4. The van der Waals surface area contributed by atoms with Gasteiger partial charge in [-0.05, 0) is 43.7 Å². The fourth-order valence-corrected chi connectivity index (χ4v) is 3.03. The van der Waals surface area contributed by atoms with Crippen LogP contribution in [0.1, 0.15) is 31.1 Å². The fourth-order valence-electron chi connectivity index (χ4n) is 2.91. The number of benzene rings is 1. The predicted molar refractivity (Wildman–Crippen MR) is 104 cm³/mol. The largest absolute Gasteiger partial charge is 0.481 e. The van der Waals surface area contributed by atoms with Crippen molar-refractivity contribution in [2.24, 2.45) is 4.99 Å². The number of methoxy groups -OCH3 is 1. The lowest BCUT2D eigenvalue weighted by Crippen LogP contribution is -2.40. The summed E-state index contributed by atoms with van der Waals surface area (Å²) in [5.41, 5.74) is 2.01. The summed E-state index contributed by atoms with van der Waals surface area (Å²) in [5, 5.41) is 11.1. The molecule has 0 aliphatic carbocycles. The fraction of sp³-hybridized carbons (Fsp3) is 0.300. The number of aliphatic hydroxyl groups is 1. The number of β-amino-alcohol motifs (C(OH)–C–C–N with tert-alkyl or cyclic N) is 1. The third-order valence-electron chi connectivity index (χ3n) is 4.03. The number of rotatable bonds is 5. The molecular weight excluding hydrogens is 350 g/mol. The Kier molecular flexibility index (Phi) is 5.30. The van der Waals surface area contributed by atoms with E-state index in [9.17, 15) is 5.11 Å². The van der Waals surface area contributed by atoms with Gasteiger partial charge in [-0.25, -0.2) is 4.98 Å². The molecule has 1 aromatic carbocycles. The van der Waals surface area contributed by atoms with Crippen LogP contribution in [-0.2, 0) is 0 Å². The number of aliphatic imine (C=N–C) groups is 1. The molecule has 0 saturated heterocycles. The normalized spacial score (nSPS) is 17.2. The van der Waals surface area contributed by atoms with Crippen LogP contribution in [0.4, 0.5) is 0 Å². The van der Waals surface area contributed by atoms with E-state index in [-0.39, 0.29) is 6.17 Å². The molecule has 1 unspecified atom stereocenters. The van der Waals surface area contributed by atoms with Gasteiger partial charge in [0, 0.05) is 41.3 Å². The second kappa shape index (κ2) is 7.48. The van der Waals surface area contributed by atoms with Crippen molar-refractivity contribution in [1.29, 1.82) is 0 Å². The number of pyridine rings is 1. The van der Waals surface area contributed by atoms with E-state index in [4.69, 9.17) is 16.3 Å². The second-order valence-electron chi connectivity index (χ2n) is 6.80. The van der Waals surface area contributed by atoms with Crippen molar-refractivity contribution in [2.45, 2.75) is 25.6 Å². The molecular formula is C20H22ClN3O2. The summed E-state index contributed by atoms with van der Waals surface area (Å²) in [6.07, 6.45) is 5.21. The zero-order valence-corrected chi connectivity index (χ0v) is 15.8. The van der Waals surface area contributed by atoms with Crippen molar-refractivity contribution in [1.82, 2.24) is 9.88 Å². The van der Waals surface area contributed by atoms with Crippen LogP contribution in [0, 0.1) is 0 Å². The molecule has 2 heterocycles. The molecule has 0 fully saturated rings. The lowest BCUT2D eigenvalue weighted by molar-refractivity contribution is 0.0431. The Bertz CT molecular complexity index is 808. The molecule has 0 bridgehead atoms. The zero-order chi connectivity index (χ0) is 18.7. The van der Waals surface area contributed by atoms with Gasteiger partial charge in [0.15, 0.2) is 0 Å². The zero-order valence-electron chi connectivity index (χ0n) is 15.1. The van der Waals surface area contributed by atoms with Crippen molar-refractivity contribution in [3.63, 3.8) is 0 Å². The standard InChI is InChI=1S/C20H22ClN3O2/c1-20(2,25)13-24-17(14-4-7-16(21)8-5-14)10-11-22-19(24)15-6-9-18(26-3)23-12-15/h4-12,19,25H,13H2,1-3H3. The first-order valence-electron chi connectivity index (χ1n) is 8.36. The third-order valence-corrected chi connectivity index (χ3v) is 4.28. The van der Waals surface area contributed by atoms with Gasteiger partial charge in [-0.15, -0.1) is 0 Å². The van der Waals surface area contributed by atoms with Crippen LogP contribution < -0.4 is 4.74 Å². The highest BCUT2D eigenvalue weighted by Crippen LogP contribution is 2.35. The van der Waals surface area contributed by atoms with E-state index in [0.29, 0.717) is 17.4 Å². The summed E-state index contributed by atoms with van der Waals surface area (Å²) in [5.74, 6) is 0.552. The number of ether oxygens (including phenoxy) is 1. The lowest BCUT2D eigenvalue weighted by atomic mass is 10.0. The average Bonchev–Trinajstić information content (AvgIpc) is 2.62. The van der Waals surface area contributed by atoms with Gasteiger partial charge in [-0.3, -0.25) is 4.99 Å². The molecule has 1 aliphatic heterocycles. The van der Waals surface area contributed by atoms with E-state index in [1.54, 1.807) is 33.4 Å². The molecule has 0 radical (unpaired) electrons. The minimum Gasteiger partial charge on any atom is -0.481 e. The van der Waals surface area contributed by atoms with Crippen molar-refractivity contribution in [3.05, 3.63) is 64.8 Å². The monoisotopic (exact) mass is 371 g/mol. The van der Waals surface area contributed by atoms with Crippen molar-refractivity contribution in [2.75, 3.05) is 13.7 Å². The third kappa shape index (κ3) is 4.23. The maximum Gasteiger partial charge on any atom is 0.212 e. The predicted octanol–water partition coefficient (Wildman–Crippen LogP) is 3.94. The Hall–Kier alpha value is -2.37. The van der Waals surface area contributed by atoms with Crippen molar-refractivity contribution >= 4 is 23.5 Å². The number of aromatic nitrogens is 1. The first kappa shape index (κ1) is 18.4. The van der Waals surface area contributed by atoms with Gasteiger partial charge in [0.1, 0.15) is 6.17 Å². The van der Waals surface area contributed by atoms with Crippen LogP contribution in [0.25, 0.3) is 5.70 Å². The number of hydrogen-bond donors (Lipinski definition) is 1. The summed E-state index contributed by atoms with van der Waals surface area (Å²) in [6, 6.07) is 11.4. The molecule has 136 valence electrons. The molecule has 26 heavy (non-hydrogen) atoms. The molecule has 5 nitrogen and oxygen atoms in total. The Morgan fingerprint density at radius 2 is 1.92 bits per heavy atom. The lowest BCUT2D eigenvalue weighted by Gasteiger charge is -2.38. The molecule has 2 aromatic rings. The highest BCUT2D eigenvalue weighted by atomic mass is 35.5. The smallest absolute Gasteiger partial charge is 0.212 e. The molecule has 3 rings (SSSR count). The van der Waals surface area contributed by atoms with Gasteiger partial charge in [0.25, 0.3) is 0 Å². The Labute approximate surface area is 158 Å². The Balaban J connectivity index is 1.99. The minimum absolute atomic E-state index is 0.282. The van der Waals surface area contributed by atoms with E-state index in [0.717, 1.165) is 16.8 Å². The van der Waals surface area contributed by atoms with Crippen LogP contribution in [0.3, 0.4) is 0 Å². The van der Waals surface area contributed by atoms with E-state index >= 15 is 0 Å².